The third kappa shape index (κ3) is 6.36. The maximum atomic E-state index is 11.9. The number of hydrogen-bond acceptors (Lipinski definition) is 3. The van der Waals surface area contributed by atoms with E-state index in [0.717, 1.165) is 12.0 Å². The summed E-state index contributed by atoms with van der Waals surface area (Å²) >= 11 is 6.06. The molecule has 4 nitrogen and oxygen atoms in total. The molecular formula is C16H25ClN2O2. The number of anilines is 1. The summed E-state index contributed by atoms with van der Waals surface area (Å²) in [5.74, 6) is 0. The number of carbonyl (C=O) groups is 1. The first-order chi connectivity index (χ1) is 9.52. The summed E-state index contributed by atoms with van der Waals surface area (Å²) in [4.78, 5) is 11.9. The highest BCUT2D eigenvalue weighted by atomic mass is 35.5. The normalized spacial score (nSPS) is 12.1. The second-order valence-electron chi connectivity index (χ2n) is 6.97. The lowest BCUT2D eigenvalue weighted by atomic mass is 9.85. The van der Waals surface area contributed by atoms with Gasteiger partial charge in [-0.3, -0.25) is 5.32 Å². The van der Waals surface area contributed by atoms with E-state index in [2.05, 4.69) is 19.2 Å². The summed E-state index contributed by atoms with van der Waals surface area (Å²) in [6.45, 7) is 10.2. The summed E-state index contributed by atoms with van der Waals surface area (Å²) in [5.41, 5.74) is 6.82. The zero-order valence-corrected chi connectivity index (χ0v) is 14.2. The monoisotopic (exact) mass is 312 g/mol. The Bertz CT molecular complexity index is 507. The fourth-order valence-electron chi connectivity index (χ4n) is 1.83. The molecule has 21 heavy (non-hydrogen) atoms. The number of nitrogens with two attached hydrogens (primary N) is 1. The van der Waals surface area contributed by atoms with Gasteiger partial charge in [0, 0.05) is 10.7 Å². The van der Waals surface area contributed by atoms with Gasteiger partial charge in [0.15, 0.2) is 0 Å². The minimum absolute atomic E-state index is 0.0744. The third-order valence-electron chi connectivity index (χ3n) is 2.92. The van der Waals surface area contributed by atoms with E-state index < -0.39 is 11.7 Å². The molecule has 0 fully saturated rings. The number of amides is 1. The molecule has 0 spiro atoms. The molecule has 0 heterocycles. The van der Waals surface area contributed by atoms with E-state index in [1.54, 1.807) is 12.1 Å². The Labute approximate surface area is 132 Å². The Kier molecular flexibility index (Phi) is 5.65. The van der Waals surface area contributed by atoms with Crippen molar-refractivity contribution in [2.24, 2.45) is 11.1 Å². The van der Waals surface area contributed by atoms with Crippen LogP contribution in [0.4, 0.5) is 10.5 Å². The fourth-order valence-corrected chi connectivity index (χ4v) is 2.03. The van der Waals surface area contributed by atoms with Crippen molar-refractivity contribution in [1.29, 1.82) is 0 Å². The molecular weight excluding hydrogens is 288 g/mol. The first-order valence-electron chi connectivity index (χ1n) is 7.01. The lowest BCUT2D eigenvalue weighted by Gasteiger charge is -2.25. The Balaban J connectivity index is 2.94. The van der Waals surface area contributed by atoms with Crippen LogP contribution in [0.5, 0.6) is 0 Å². The van der Waals surface area contributed by atoms with Crippen molar-refractivity contribution in [2.45, 2.75) is 46.6 Å². The van der Waals surface area contributed by atoms with Gasteiger partial charge in [-0.1, -0.05) is 25.4 Å². The van der Waals surface area contributed by atoms with Crippen molar-refractivity contribution in [3.8, 4) is 0 Å². The molecule has 118 valence electrons. The van der Waals surface area contributed by atoms with Crippen LogP contribution in [-0.4, -0.2) is 18.2 Å². The molecule has 1 rings (SSSR count). The topological polar surface area (TPSA) is 64.3 Å². The highest BCUT2D eigenvalue weighted by Crippen LogP contribution is 2.28. The van der Waals surface area contributed by atoms with Crippen LogP contribution in [0, 0.1) is 5.41 Å². The van der Waals surface area contributed by atoms with E-state index >= 15 is 0 Å². The number of benzene rings is 1. The number of nitrogens with one attached hydrogen (secondary N) is 1. The zero-order chi connectivity index (χ0) is 16.3. The highest BCUT2D eigenvalue weighted by Gasteiger charge is 2.21. The van der Waals surface area contributed by atoms with Gasteiger partial charge in [-0.2, -0.15) is 0 Å². The standard InChI is InChI=1S/C16H25ClN2O2/c1-15(2,3)21-14(20)19-13-7-6-12(17)8-11(13)9-16(4,5)10-18/h6-8H,9-10,18H2,1-5H3,(H,19,20). The predicted octanol–water partition coefficient (Wildman–Crippen LogP) is 4.21. The smallest absolute Gasteiger partial charge is 0.412 e. The van der Waals surface area contributed by atoms with Gasteiger partial charge < -0.3 is 10.5 Å². The maximum absolute atomic E-state index is 11.9. The van der Waals surface area contributed by atoms with Crippen molar-refractivity contribution in [1.82, 2.24) is 0 Å². The Morgan fingerprint density at radius 2 is 1.90 bits per heavy atom. The van der Waals surface area contributed by atoms with Crippen molar-refractivity contribution in [2.75, 3.05) is 11.9 Å². The lowest BCUT2D eigenvalue weighted by molar-refractivity contribution is 0.0635. The Hall–Kier alpha value is -1.26. The van der Waals surface area contributed by atoms with Crippen LogP contribution in [-0.2, 0) is 11.2 Å². The van der Waals surface area contributed by atoms with Crippen LogP contribution in [0.3, 0.4) is 0 Å². The largest absolute Gasteiger partial charge is 0.444 e. The van der Waals surface area contributed by atoms with Crippen LogP contribution in [0.15, 0.2) is 18.2 Å². The van der Waals surface area contributed by atoms with Crippen molar-refractivity contribution in [3.05, 3.63) is 28.8 Å². The first-order valence-corrected chi connectivity index (χ1v) is 7.39. The van der Waals surface area contributed by atoms with E-state index in [0.29, 0.717) is 17.3 Å². The van der Waals surface area contributed by atoms with E-state index in [1.165, 1.54) is 0 Å². The minimum Gasteiger partial charge on any atom is -0.444 e. The van der Waals surface area contributed by atoms with Gasteiger partial charge in [-0.25, -0.2) is 4.79 Å². The predicted molar refractivity (Wildman–Crippen MR) is 87.8 cm³/mol. The number of ether oxygens (including phenoxy) is 1. The molecule has 0 saturated carbocycles. The molecule has 5 heteroatoms. The van der Waals surface area contributed by atoms with Gasteiger partial charge >= 0.3 is 6.09 Å². The molecule has 1 aromatic rings. The van der Waals surface area contributed by atoms with Gasteiger partial charge in [-0.15, -0.1) is 0 Å². The van der Waals surface area contributed by atoms with E-state index in [9.17, 15) is 4.79 Å². The van der Waals surface area contributed by atoms with Gasteiger partial charge in [0.2, 0.25) is 0 Å². The van der Waals surface area contributed by atoms with Crippen LogP contribution >= 0.6 is 11.6 Å². The molecule has 0 atom stereocenters. The van der Waals surface area contributed by atoms with Gasteiger partial charge in [-0.05, 0) is 62.9 Å². The molecule has 0 saturated heterocycles. The molecule has 0 aromatic heterocycles. The Morgan fingerprint density at radius 1 is 1.29 bits per heavy atom. The maximum Gasteiger partial charge on any atom is 0.412 e. The van der Waals surface area contributed by atoms with Crippen LogP contribution < -0.4 is 11.1 Å². The van der Waals surface area contributed by atoms with Crippen LogP contribution in [0.25, 0.3) is 0 Å². The summed E-state index contributed by atoms with van der Waals surface area (Å²) in [6.07, 6.45) is 0.242. The average Bonchev–Trinajstić information content (AvgIpc) is 2.30. The van der Waals surface area contributed by atoms with E-state index in [-0.39, 0.29) is 5.41 Å². The third-order valence-corrected chi connectivity index (χ3v) is 3.16. The number of carbonyl (C=O) groups excluding carboxylic acids is 1. The van der Waals surface area contributed by atoms with Gasteiger partial charge in [0.25, 0.3) is 0 Å². The number of rotatable bonds is 4. The highest BCUT2D eigenvalue weighted by molar-refractivity contribution is 6.30. The zero-order valence-electron chi connectivity index (χ0n) is 13.4. The average molecular weight is 313 g/mol. The Morgan fingerprint density at radius 3 is 2.43 bits per heavy atom. The molecule has 0 bridgehead atoms. The molecule has 0 aliphatic heterocycles. The SMILES string of the molecule is CC(C)(CN)Cc1cc(Cl)ccc1NC(=O)OC(C)(C)C. The minimum atomic E-state index is -0.535. The van der Waals surface area contributed by atoms with Crippen molar-refractivity contribution >= 4 is 23.4 Å². The molecule has 1 amide bonds. The lowest BCUT2D eigenvalue weighted by Crippen LogP contribution is -2.29. The van der Waals surface area contributed by atoms with Crippen LogP contribution in [0.2, 0.25) is 5.02 Å². The van der Waals surface area contributed by atoms with Crippen molar-refractivity contribution in [3.63, 3.8) is 0 Å². The molecule has 0 unspecified atom stereocenters. The molecule has 3 N–H and O–H groups in total. The number of hydrogen-bond donors (Lipinski definition) is 2. The quantitative estimate of drug-likeness (QED) is 0.875. The van der Waals surface area contributed by atoms with Gasteiger partial charge in [0.1, 0.15) is 5.60 Å². The summed E-state index contributed by atoms with van der Waals surface area (Å²) < 4.78 is 5.28. The summed E-state index contributed by atoms with van der Waals surface area (Å²) in [5, 5.41) is 3.41. The van der Waals surface area contributed by atoms with Crippen molar-refractivity contribution < 1.29 is 9.53 Å². The summed E-state index contributed by atoms with van der Waals surface area (Å²) in [6, 6.07) is 5.38. The van der Waals surface area contributed by atoms with Crippen LogP contribution in [0.1, 0.15) is 40.2 Å². The van der Waals surface area contributed by atoms with E-state index in [4.69, 9.17) is 22.1 Å². The fraction of sp³-hybridized carbons (Fsp3) is 0.562. The molecule has 0 radical (unpaired) electrons. The summed E-state index contributed by atoms with van der Waals surface area (Å²) in [7, 11) is 0. The van der Waals surface area contributed by atoms with Gasteiger partial charge in [0.05, 0.1) is 0 Å². The van der Waals surface area contributed by atoms with E-state index in [1.807, 2.05) is 26.8 Å². The second kappa shape index (κ2) is 6.67. The molecule has 1 aromatic carbocycles. The first kappa shape index (κ1) is 17.8. The second-order valence-corrected chi connectivity index (χ2v) is 7.41. The number of halogens is 1. The molecule has 0 aliphatic rings. The molecule has 0 aliphatic carbocycles.